The van der Waals surface area contributed by atoms with Crippen molar-refractivity contribution in [2.45, 2.75) is 37.6 Å². The molecule has 0 aliphatic rings. The van der Waals surface area contributed by atoms with Crippen molar-refractivity contribution in [1.82, 2.24) is 14.8 Å². The number of benzene rings is 2. The first-order valence-corrected chi connectivity index (χ1v) is 10.1. The maximum atomic E-state index is 13.2. The Labute approximate surface area is 158 Å². The molecule has 0 amide bonds. The molecule has 142 valence electrons. The number of nitrogens with one attached hydrogen (secondary N) is 1. The molecule has 0 spiro atoms. The lowest BCUT2D eigenvalue weighted by Gasteiger charge is -2.10. The van der Waals surface area contributed by atoms with Crippen LogP contribution in [0.1, 0.15) is 37.3 Å². The zero-order valence-corrected chi connectivity index (χ0v) is 15.9. The van der Waals surface area contributed by atoms with Crippen LogP contribution in [0.25, 0.3) is 0 Å². The third-order valence-electron chi connectivity index (χ3n) is 4.37. The molecule has 0 radical (unpaired) electrons. The Balaban J connectivity index is 1.72. The first kappa shape index (κ1) is 19.0. The van der Waals surface area contributed by atoms with Gasteiger partial charge in [-0.3, -0.25) is 0 Å². The molecule has 1 N–H and O–H groups in total. The molecule has 0 fully saturated rings. The molecule has 8 heteroatoms. The Morgan fingerprint density at radius 2 is 1.93 bits per heavy atom. The van der Waals surface area contributed by atoms with Crippen molar-refractivity contribution >= 4 is 16.0 Å². The van der Waals surface area contributed by atoms with Crippen LogP contribution >= 0.6 is 0 Å². The molecular weight excluding hydrogens is 367 g/mol. The number of rotatable bonds is 7. The molecule has 0 aliphatic carbocycles. The molecule has 0 saturated heterocycles. The number of anilines is 1. The Hall–Kier alpha value is -2.74. The standard InChI is InChI=1S/C19H21FN4O2S/c1-3-14(2)16-7-9-18(10-8-16)27(25,26)23-19-21-13-24(22-19)12-15-5-4-6-17(20)11-15/h4-11,13-14H,3,12H2,1-2H3,(H,22,23). The van der Waals surface area contributed by atoms with Gasteiger partial charge in [-0.1, -0.05) is 38.1 Å². The summed E-state index contributed by atoms with van der Waals surface area (Å²) in [6.07, 6.45) is 2.38. The van der Waals surface area contributed by atoms with Crippen molar-refractivity contribution in [2.75, 3.05) is 4.72 Å². The topological polar surface area (TPSA) is 76.9 Å². The zero-order valence-electron chi connectivity index (χ0n) is 15.1. The minimum atomic E-state index is -3.78. The van der Waals surface area contributed by atoms with Crippen LogP contribution in [0.2, 0.25) is 0 Å². The summed E-state index contributed by atoms with van der Waals surface area (Å²) in [7, 11) is -3.78. The molecule has 1 heterocycles. The molecule has 0 bridgehead atoms. The minimum Gasteiger partial charge on any atom is -0.246 e. The van der Waals surface area contributed by atoms with Gasteiger partial charge in [0.25, 0.3) is 16.0 Å². The fraction of sp³-hybridized carbons (Fsp3) is 0.263. The number of sulfonamides is 1. The summed E-state index contributed by atoms with van der Waals surface area (Å²) < 4.78 is 42.1. The van der Waals surface area contributed by atoms with Gasteiger partial charge >= 0.3 is 0 Å². The van der Waals surface area contributed by atoms with E-state index >= 15 is 0 Å². The smallest absolute Gasteiger partial charge is 0.246 e. The molecular formula is C19H21FN4O2S. The highest BCUT2D eigenvalue weighted by Crippen LogP contribution is 2.21. The number of halogens is 1. The lowest BCUT2D eigenvalue weighted by molar-refractivity contribution is 0.600. The normalized spacial score (nSPS) is 12.7. The summed E-state index contributed by atoms with van der Waals surface area (Å²) in [5.74, 6) is 0.00156. The van der Waals surface area contributed by atoms with Crippen LogP contribution in [0.3, 0.4) is 0 Å². The fourth-order valence-corrected chi connectivity index (χ4v) is 3.58. The van der Waals surface area contributed by atoms with E-state index in [1.165, 1.54) is 23.1 Å². The molecule has 1 aromatic heterocycles. The molecule has 0 aliphatic heterocycles. The van der Waals surface area contributed by atoms with Crippen LogP contribution in [0, 0.1) is 5.82 Å². The number of aromatic nitrogens is 3. The van der Waals surface area contributed by atoms with Crippen LogP contribution in [0.4, 0.5) is 10.3 Å². The van der Waals surface area contributed by atoms with E-state index in [1.54, 1.807) is 24.3 Å². The van der Waals surface area contributed by atoms with E-state index < -0.39 is 10.0 Å². The third kappa shape index (κ3) is 4.71. The van der Waals surface area contributed by atoms with E-state index in [-0.39, 0.29) is 23.2 Å². The van der Waals surface area contributed by atoms with E-state index in [9.17, 15) is 12.8 Å². The largest absolute Gasteiger partial charge is 0.264 e. The Kier molecular flexibility index (Phi) is 5.55. The van der Waals surface area contributed by atoms with Crippen LogP contribution in [-0.4, -0.2) is 23.2 Å². The van der Waals surface area contributed by atoms with E-state index in [4.69, 9.17) is 0 Å². The predicted molar refractivity (Wildman–Crippen MR) is 101 cm³/mol. The number of nitrogens with zero attached hydrogens (tertiary/aromatic N) is 3. The average molecular weight is 388 g/mol. The van der Waals surface area contributed by atoms with Gasteiger partial charge in [-0.25, -0.2) is 22.2 Å². The first-order valence-electron chi connectivity index (χ1n) is 8.64. The van der Waals surface area contributed by atoms with Gasteiger partial charge < -0.3 is 0 Å². The second-order valence-electron chi connectivity index (χ2n) is 6.38. The predicted octanol–water partition coefficient (Wildman–Crippen LogP) is 3.78. The molecule has 2 aromatic carbocycles. The van der Waals surface area contributed by atoms with Gasteiger partial charge in [-0.2, -0.15) is 4.98 Å². The van der Waals surface area contributed by atoms with Crippen LogP contribution in [0.15, 0.2) is 59.8 Å². The van der Waals surface area contributed by atoms with Gasteiger partial charge in [-0.15, -0.1) is 5.10 Å². The fourth-order valence-electron chi connectivity index (χ4n) is 2.63. The van der Waals surface area contributed by atoms with E-state index in [0.29, 0.717) is 11.5 Å². The molecule has 3 aromatic rings. The molecule has 6 nitrogen and oxygen atoms in total. The Morgan fingerprint density at radius 1 is 1.19 bits per heavy atom. The number of hydrogen-bond donors (Lipinski definition) is 1. The van der Waals surface area contributed by atoms with E-state index in [0.717, 1.165) is 12.0 Å². The zero-order chi connectivity index (χ0) is 19.4. The van der Waals surface area contributed by atoms with Crippen molar-refractivity contribution < 1.29 is 12.8 Å². The lowest BCUT2D eigenvalue weighted by atomic mass is 9.99. The molecule has 27 heavy (non-hydrogen) atoms. The highest BCUT2D eigenvalue weighted by Gasteiger charge is 2.17. The lowest BCUT2D eigenvalue weighted by Crippen LogP contribution is -2.14. The first-order chi connectivity index (χ1) is 12.9. The van der Waals surface area contributed by atoms with Crippen molar-refractivity contribution in [3.63, 3.8) is 0 Å². The number of hydrogen-bond acceptors (Lipinski definition) is 4. The summed E-state index contributed by atoms with van der Waals surface area (Å²) in [6.45, 7) is 4.47. The van der Waals surface area contributed by atoms with Crippen molar-refractivity contribution in [1.29, 1.82) is 0 Å². The van der Waals surface area contributed by atoms with Crippen molar-refractivity contribution in [3.8, 4) is 0 Å². The Morgan fingerprint density at radius 3 is 2.59 bits per heavy atom. The second-order valence-corrected chi connectivity index (χ2v) is 8.06. The maximum Gasteiger partial charge on any atom is 0.264 e. The van der Waals surface area contributed by atoms with Gasteiger partial charge in [0.1, 0.15) is 12.1 Å². The van der Waals surface area contributed by atoms with Crippen LogP contribution in [-0.2, 0) is 16.6 Å². The van der Waals surface area contributed by atoms with Crippen molar-refractivity contribution in [2.24, 2.45) is 0 Å². The Bertz CT molecular complexity index is 1020. The molecule has 3 rings (SSSR count). The quantitative estimate of drug-likeness (QED) is 0.668. The maximum absolute atomic E-state index is 13.2. The second kappa shape index (κ2) is 7.87. The molecule has 0 saturated carbocycles. The monoisotopic (exact) mass is 388 g/mol. The van der Waals surface area contributed by atoms with Gasteiger partial charge in [-0.05, 0) is 47.7 Å². The highest BCUT2D eigenvalue weighted by atomic mass is 32.2. The van der Waals surface area contributed by atoms with Crippen LogP contribution < -0.4 is 4.72 Å². The summed E-state index contributed by atoms with van der Waals surface area (Å²) in [5.41, 5.74) is 1.80. The van der Waals surface area contributed by atoms with E-state index in [1.807, 2.05) is 12.1 Å². The van der Waals surface area contributed by atoms with Gasteiger partial charge in [0.05, 0.1) is 11.4 Å². The molecule has 1 unspecified atom stereocenters. The summed E-state index contributed by atoms with van der Waals surface area (Å²) in [4.78, 5) is 4.12. The van der Waals surface area contributed by atoms with Crippen LogP contribution in [0.5, 0.6) is 0 Å². The third-order valence-corrected chi connectivity index (χ3v) is 5.71. The van der Waals surface area contributed by atoms with Crippen molar-refractivity contribution in [3.05, 3.63) is 71.8 Å². The van der Waals surface area contributed by atoms with Gasteiger partial charge in [0.15, 0.2) is 0 Å². The van der Waals surface area contributed by atoms with Gasteiger partial charge in [0.2, 0.25) is 0 Å². The summed E-state index contributed by atoms with van der Waals surface area (Å²) in [5, 5.41) is 4.10. The summed E-state index contributed by atoms with van der Waals surface area (Å²) >= 11 is 0. The minimum absolute atomic E-state index is 0.0302. The average Bonchev–Trinajstić information content (AvgIpc) is 3.07. The highest BCUT2D eigenvalue weighted by molar-refractivity contribution is 7.92. The molecule has 1 atom stereocenters. The van der Waals surface area contributed by atoms with Gasteiger partial charge in [0, 0.05) is 0 Å². The summed E-state index contributed by atoms with van der Waals surface area (Å²) in [6, 6.07) is 12.9. The van der Waals surface area contributed by atoms with E-state index in [2.05, 4.69) is 28.7 Å². The SMILES string of the molecule is CCC(C)c1ccc(S(=O)(=O)Nc2ncn(Cc3cccc(F)c3)n2)cc1.